The first kappa shape index (κ1) is 90.2. The molecule has 0 aromatic heterocycles. The third-order valence-electron chi connectivity index (χ3n) is 20.2. The summed E-state index contributed by atoms with van der Waals surface area (Å²) in [5.74, 6) is -0.280. The van der Waals surface area contributed by atoms with Gasteiger partial charge in [0.25, 0.3) is 0 Å². The van der Waals surface area contributed by atoms with Gasteiger partial charge < -0.3 is 89.9 Å². The summed E-state index contributed by atoms with van der Waals surface area (Å²) in [6.07, 6.45) is 47.5. The third kappa shape index (κ3) is 40.3. The van der Waals surface area contributed by atoms with Crippen LogP contribution in [-0.2, 0) is 33.2 Å². The standard InChI is InChI=1S/C79H147NO18/c1-3-5-7-9-11-13-15-17-19-20-21-22-23-24-25-26-27-28-29-30-31-32-33-34-35-36-37-38-39-40-41-42-43-45-47-49-51-53-55-57-67(85)80-62(63(84)56-54-52-50-48-46-44-18-16-14-12-10-8-6-4-2)61-93-77-73(91)70(88)75(65(59-82)95-77)98-79-74(92)71(89)76(66(60-83)96-79)97-78-72(90)69(87)68(86)64(58-81)94-78/h20-21,46,48,54,56,62-66,68-79,81-84,86-92H,3-19,22-45,47,49-53,55,57-61H2,1-2H3,(H,80,85)/b21-20-,48-46+,56-54+. The van der Waals surface area contributed by atoms with Crippen LogP contribution in [0.25, 0.3) is 0 Å². The van der Waals surface area contributed by atoms with Crippen LogP contribution >= 0.6 is 0 Å². The fourth-order valence-electron chi connectivity index (χ4n) is 13.7. The van der Waals surface area contributed by atoms with Crippen molar-refractivity contribution in [3.05, 3.63) is 36.5 Å². The highest BCUT2D eigenvalue weighted by atomic mass is 16.8. The zero-order chi connectivity index (χ0) is 71.1. The first-order valence-corrected chi connectivity index (χ1v) is 40.2. The molecule has 0 aliphatic carbocycles. The van der Waals surface area contributed by atoms with Gasteiger partial charge in [0.2, 0.25) is 5.91 Å². The fraction of sp³-hybridized carbons (Fsp3) is 0.911. The SMILES string of the molecule is CCCCCCCCCC/C=C\CCCCCCCCCCCCCCCCCCCCCCCCCCCCCC(=O)NC(COC1OC(CO)C(OC2OC(CO)C(OC3OC(CO)C(O)C(O)C3O)C(O)C2O)C(O)C1O)C(O)/C=C/CC/C=C/CCCCCCCCCC. The van der Waals surface area contributed by atoms with Gasteiger partial charge in [-0.25, -0.2) is 0 Å². The van der Waals surface area contributed by atoms with E-state index in [-0.39, 0.29) is 18.9 Å². The van der Waals surface area contributed by atoms with Crippen LogP contribution in [0.4, 0.5) is 0 Å². The summed E-state index contributed by atoms with van der Waals surface area (Å²) in [6.45, 7) is 1.73. The van der Waals surface area contributed by atoms with Crippen molar-refractivity contribution >= 4 is 5.91 Å². The molecule has 3 saturated heterocycles. The summed E-state index contributed by atoms with van der Waals surface area (Å²) in [5, 5.41) is 121. The van der Waals surface area contributed by atoms with Gasteiger partial charge in [-0.1, -0.05) is 301 Å². The Bertz CT molecular complexity index is 1910. The van der Waals surface area contributed by atoms with Gasteiger partial charge in [0, 0.05) is 6.42 Å². The molecule has 3 aliphatic heterocycles. The van der Waals surface area contributed by atoms with Crippen molar-refractivity contribution in [1.29, 1.82) is 0 Å². The Morgan fingerprint density at radius 2 is 0.653 bits per heavy atom. The van der Waals surface area contributed by atoms with Crippen molar-refractivity contribution in [2.75, 3.05) is 26.4 Å². The average Bonchev–Trinajstić information content (AvgIpc) is 0.785. The third-order valence-corrected chi connectivity index (χ3v) is 20.2. The van der Waals surface area contributed by atoms with Gasteiger partial charge in [-0.15, -0.1) is 0 Å². The Labute approximate surface area is 593 Å². The van der Waals surface area contributed by atoms with E-state index in [4.69, 9.17) is 28.4 Å². The van der Waals surface area contributed by atoms with Gasteiger partial charge in [-0.05, 0) is 57.8 Å². The number of rotatable bonds is 64. The van der Waals surface area contributed by atoms with E-state index < -0.39 is 124 Å². The van der Waals surface area contributed by atoms with E-state index in [0.717, 1.165) is 38.5 Å². The zero-order valence-electron chi connectivity index (χ0n) is 61.5. The molecule has 576 valence electrons. The molecule has 98 heavy (non-hydrogen) atoms. The number of hydrogen-bond donors (Lipinski definition) is 12. The second-order valence-electron chi connectivity index (χ2n) is 28.9. The van der Waals surface area contributed by atoms with Gasteiger partial charge in [0.05, 0.1) is 38.6 Å². The largest absolute Gasteiger partial charge is 0.394 e. The summed E-state index contributed by atoms with van der Waals surface area (Å²) >= 11 is 0. The van der Waals surface area contributed by atoms with Crippen LogP contribution in [0.3, 0.4) is 0 Å². The Morgan fingerprint density at radius 1 is 0.357 bits per heavy atom. The number of carbonyl (C=O) groups is 1. The van der Waals surface area contributed by atoms with E-state index in [9.17, 15) is 61.0 Å². The molecule has 3 fully saturated rings. The van der Waals surface area contributed by atoms with Crippen LogP contribution < -0.4 is 5.32 Å². The van der Waals surface area contributed by atoms with E-state index in [0.29, 0.717) is 12.8 Å². The summed E-state index contributed by atoms with van der Waals surface area (Å²) in [5.41, 5.74) is 0. The molecule has 19 heteroatoms. The maximum Gasteiger partial charge on any atom is 0.220 e. The quantitative estimate of drug-likeness (QED) is 0.0199. The minimum absolute atomic E-state index is 0.240. The molecule has 1 amide bonds. The van der Waals surface area contributed by atoms with Crippen LogP contribution in [0.1, 0.15) is 328 Å². The van der Waals surface area contributed by atoms with Crippen LogP contribution in [0.2, 0.25) is 0 Å². The molecule has 0 aromatic rings. The van der Waals surface area contributed by atoms with Crippen molar-refractivity contribution < 1.29 is 89.4 Å². The Morgan fingerprint density at radius 3 is 1.02 bits per heavy atom. The minimum atomic E-state index is -1.98. The molecule has 19 nitrogen and oxygen atoms in total. The van der Waals surface area contributed by atoms with Crippen molar-refractivity contribution in [3.63, 3.8) is 0 Å². The molecule has 0 spiro atoms. The lowest BCUT2D eigenvalue weighted by molar-refractivity contribution is -0.379. The Kier molecular flexibility index (Phi) is 55.5. The van der Waals surface area contributed by atoms with Gasteiger partial charge in [0.15, 0.2) is 18.9 Å². The number of unbranched alkanes of at least 4 members (excludes halogenated alkanes) is 44. The molecule has 17 unspecified atom stereocenters. The number of aliphatic hydroxyl groups is 11. The summed E-state index contributed by atoms with van der Waals surface area (Å²) < 4.78 is 34.4. The zero-order valence-corrected chi connectivity index (χ0v) is 61.5. The van der Waals surface area contributed by atoms with E-state index in [1.807, 2.05) is 6.08 Å². The Balaban J connectivity index is 1.28. The maximum absolute atomic E-state index is 13.4. The van der Waals surface area contributed by atoms with Gasteiger partial charge >= 0.3 is 0 Å². The van der Waals surface area contributed by atoms with E-state index in [1.54, 1.807) is 6.08 Å². The first-order valence-electron chi connectivity index (χ1n) is 40.2. The molecule has 12 N–H and O–H groups in total. The average molecular weight is 1400 g/mol. The van der Waals surface area contributed by atoms with Crippen LogP contribution in [0.15, 0.2) is 36.5 Å². The monoisotopic (exact) mass is 1400 g/mol. The van der Waals surface area contributed by atoms with E-state index in [2.05, 4.69) is 43.5 Å². The van der Waals surface area contributed by atoms with Crippen molar-refractivity contribution in [1.82, 2.24) is 5.32 Å². The molecule has 0 bridgehead atoms. The lowest BCUT2D eigenvalue weighted by Crippen LogP contribution is -2.66. The normalized spacial score (nSPS) is 26.9. The predicted molar refractivity (Wildman–Crippen MR) is 388 cm³/mol. The number of hydrogen-bond acceptors (Lipinski definition) is 18. The number of ether oxygens (including phenoxy) is 6. The lowest BCUT2D eigenvalue weighted by Gasteiger charge is -2.48. The van der Waals surface area contributed by atoms with Gasteiger partial charge in [0.1, 0.15) is 73.2 Å². The van der Waals surface area contributed by atoms with Crippen molar-refractivity contribution in [2.24, 2.45) is 0 Å². The second kappa shape index (κ2) is 60.3. The van der Waals surface area contributed by atoms with Crippen LogP contribution in [0.5, 0.6) is 0 Å². The molecule has 0 aromatic carbocycles. The van der Waals surface area contributed by atoms with Crippen LogP contribution in [0, 0.1) is 0 Å². The summed E-state index contributed by atoms with van der Waals surface area (Å²) in [6, 6.07) is -0.988. The Hall–Kier alpha value is -1.99. The second-order valence-corrected chi connectivity index (χ2v) is 28.9. The summed E-state index contributed by atoms with van der Waals surface area (Å²) in [7, 11) is 0. The molecule has 3 aliphatic rings. The number of amides is 1. The molecule has 0 saturated carbocycles. The first-order chi connectivity index (χ1) is 47.8. The highest BCUT2D eigenvalue weighted by molar-refractivity contribution is 5.76. The molecule has 17 atom stereocenters. The van der Waals surface area contributed by atoms with Gasteiger partial charge in [-0.3, -0.25) is 4.79 Å². The highest BCUT2D eigenvalue weighted by Crippen LogP contribution is 2.33. The lowest BCUT2D eigenvalue weighted by atomic mass is 9.96. The summed E-state index contributed by atoms with van der Waals surface area (Å²) in [4.78, 5) is 13.4. The van der Waals surface area contributed by atoms with Crippen molar-refractivity contribution in [3.8, 4) is 0 Å². The van der Waals surface area contributed by atoms with Gasteiger partial charge in [-0.2, -0.15) is 0 Å². The maximum atomic E-state index is 13.4. The fourth-order valence-corrected chi connectivity index (χ4v) is 13.7. The van der Waals surface area contributed by atoms with Crippen LogP contribution in [-0.4, -0.2) is 193 Å². The molecule has 3 rings (SSSR count). The number of nitrogens with one attached hydrogen (secondary N) is 1. The smallest absolute Gasteiger partial charge is 0.220 e. The topological polar surface area (TPSA) is 307 Å². The minimum Gasteiger partial charge on any atom is -0.394 e. The molecule has 0 radical (unpaired) electrons. The van der Waals surface area contributed by atoms with Crippen molar-refractivity contribution in [2.45, 2.75) is 433 Å². The predicted octanol–water partition coefficient (Wildman–Crippen LogP) is 13.1. The highest BCUT2D eigenvalue weighted by Gasteiger charge is 2.54. The van der Waals surface area contributed by atoms with E-state index in [1.165, 1.54) is 257 Å². The number of allylic oxidation sites excluding steroid dienone is 5. The van der Waals surface area contributed by atoms with E-state index >= 15 is 0 Å². The number of carbonyl (C=O) groups excluding carboxylic acids is 1. The molecule has 3 heterocycles. The number of aliphatic hydroxyl groups excluding tert-OH is 11. The molecular formula is C79H147NO18. The molecular weight excluding hydrogens is 1250 g/mol.